The fourth-order valence-corrected chi connectivity index (χ4v) is 3.35. The first-order chi connectivity index (χ1) is 11.3. The molecule has 0 bridgehead atoms. The normalized spacial score (nSPS) is 19.7. The van der Waals surface area contributed by atoms with Crippen LogP contribution in [0.25, 0.3) is 0 Å². The Balaban J connectivity index is 1.66. The predicted octanol–water partition coefficient (Wildman–Crippen LogP) is 3.00. The minimum atomic E-state index is -0.0356. The molecule has 132 valence electrons. The summed E-state index contributed by atoms with van der Waals surface area (Å²) in [6, 6.07) is 6.21. The summed E-state index contributed by atoms with van der Waals surface area (Å²) < 4.78 is 10.9. The summed E-state index contributed by atoms with van der Waals surface area (Å²) in [7, 11) is 1.86. The lowest BCUT2D eigenvalue weighted by atomic mass is 9.84. The van der Waals surface area contributed by atoms with Gasteiger partial charge in [0.15, 0.2) is 17.5 Å². The number of rotatable bonds is 3. The van der Waals surface area contributed by atoms with Gasteiger partial charge < -0.3 is 19.7 Å². The standard InChI is InChI=1S/C19H29N3O2/c1-18(2)8-9-22(12-18)17(20-5)21-11-19(3,4)14-6-7-15-16(10-14)24-13-23-15/h6-7,10H,8-9,11-13H2,1-5H3,(H,20,21). The van der Waals surface area contributed by atoms with Gasteiger partial charge in [-0.15, -0.1) is 0 Å². The molecule has 0 amide bonds. The number of hydrogen-bond acceptors (Lipinski definition) is 3. The summed E-state index contributed by atoms with van der Waals surface area (Å²) in [5.74, 6) is 2.67. The molecule has 0 saturated carbocycles. The van der Waals surface area contributed by atoms with Crippen LogP contribution in [-0.4, -0.2) is 44.3 Å². The topological polar surface area (TPSA) is 46.1 Å². The Bertz CT molecular complexity index is 637. The minimum Gasteiger partial charge on any atom is -0.454 e. The minimum absolute atomic E-state index is 0.0356. The summed E-state index contributed by atoms with van der Waals surface area (Å²) >= 11 is 0. The highest BCUT2D eigenvalue weighted by Gasteiger charge is 2.32. The molecule has 5 heteroatoms. The zero-order valence-corrected chi connectivity index (χ0v) is 15.5. The highest BCUT2D eigenvalue weighted by molar-refractivity contribution is 5.80. The molecule has 2 heterocycles. The van der Waals surface area contributed by atoms with Gasteiger partial charge in [0, 0.05) is 32.1 Å². The Morgan fingerprint density at radius 3 is 2.71 bits per heavy atom. The highest BCUT2D eigenvalue weighted by atomic mass is 16.7. The van der Waals surface area contributed by atoms with Gasteiger partial charge in [-0.05, 0) is 29.5 Å². The molecule has 24 heavy (non-hydrogen) atoms. The van der Waals surface area contributed by atoms with Gasteiger partial charge in [-0.2, -0.15) is 0 Å². The highest BCUT2D eigenvalue weighted by Crippen LogP contribution is 2.36. The number of aliphatic imine (C=N–C) groups is 1. The Labute approximate surface area is 145 Å². The van der Waals surface area contributed by atoms with Crippen LogP contribution in [0.5, 0.6) is 11.5 Å². The van der Waals surface area contributed by atoms with Crippen LogP contribution in [0.15, 0.2) is 23.2 Å². The molecule has 1 aromatic rings. The third-order valence-corrected chi connectivity index (χ3v) is 5.03. The third-order valence-electron chi connectivity index (χ3n) is 5.03. The fraction of sp³-hybridized carbons (Fsp3) is 0.632. The van der Waals surface area contributed by atoms with E-state index in [1.807, 2.05) is 13.1 Å². The molecule has 5 nitrogen and oxygen atoms in total. The molecule has 0 aliphatic carbocycles. The number of nitrogens with zero attached hydrogens (tertiary/aromatic N) is 2. The number of benzene rings is 1. The van der Waals surface area contributed by atoms with Crippen molar-refractivity contribution >= 4 is 5.96 Å². The van der Waals surface area contributed by atoms with Crippen molar-refractivity contribution in [2.45, 2.75) is 39.5 Å². The van der Waals surface area contributed by atoms with Gasteiger partial charge in [-0.25, -0.2) is 0 Å². The molecule has 0 radical (unpaired) electrons. The van der Waals surface area contributed by atoms with Crippen LogP contribution in [-0.2, 0) is 5.41 Å². The molecule has 1 saturated heterocycles. The van der Waals surface area contributed by atoms with Crippen molar-refractivity contribution in [3.8, 4) is 11.5 Å². The molecule has 1 aromatic carbocycles. The van der Waals surface area contributed by atoms with Crippen LogP contribution < -0.4 is 14.8 Å². The van der Waals surface area contributed by atoms with Crippen molar-refractivity contribution < 1.29 is 9.47 Å². The molecule has 0 unspecified atom stereocenters. The third kappa shape index (κ3) is 3.45. The molecule has 0 spiro atoms. The zero-order valence-electron chi connectivity index (χ0n) is 15.5. The predicted molar refractivity (Wildman–Crippen MR) is 96.9 cm³/mol. The lowest BCUT2D eigenvalue weighted by Crippen LogP contribution is -2.45. The first-order valence-corrected chi connectivity index (χ1v) is 8.66. The van der Waals surface area contributed by atoms with Crippen molar-refractivity contribution in [3.63, 3.8) is 0 Å². The number of nitrogens with one attached hydrogen (secondary N) is 1. The maximum atomic E-state index is 5.51. The van der Waals surface area contributed by atoms with Gasteiger partial charge in [0.25, 0.3) is 0 Å². The van der Waals surface area contributed by atoms with E-state index in [4.69, 9.17) is 9.47 Å². The van der Waals surface area contributed by atoms with Crippen LogP contribution in [0.1, 0.15) is 39.7 Å². The summed E-state index contributed by atoms with van der Waals surface area (Å²) in [5.41, 5.74) is 1.56. The SMILES string of the molecule is CN=C(NCC(C)(C)c1ccc2c(c1)OCO2)N1CCC(C)(C)C1. The largest absolute Gasteiger partial charge is 0.454 e. The van der Waals surface area contributed by atoms with Crippen LogP contribution in [0.2, 0.25) is 0 Å². The van der Waals surface area contributed by atoms with E-state index in [2.05, 4.69) is 55.0 Å². The average Bonchev–Trinajstić information content (AvgIpc) is 3.13. The molecular weight excluding hydrogens is 302 g/mol. The van der Waals surface area contributed by atoms with Crippen LogP contribution in [0.4, 0.5) is 0 Å². The summed E-state index contributed by atoms with van der Waals surface area (Å²) in [5, 5.41) is 3.56. The molecule has 1 N–H and O–H groups in total. The van der Waals surface area contributed by atoms with Crippen LogP contribution in [0, 0.1) is 5.41 Å². The van der Waals surface area contributed by atoms with Crippen molar-refractivity contribution in [2.24, 2.45) is 10.4 Å². The van der Waals surface area contributed by atoms with Gasteiger partial charge in [0.1, 0.15) is 0 Å². The number of likely N-dealkylation sites (tertiary alicyclic amines) is 1. The quantitative estimate of drug-likeness (QED) is 0.683. The van der Waals surface area contributed by atoms with Crippen molar-refractivity contribution in [2.75, 3.05) is 33.5 Å². The molecule has 0 aromatic heterocycles. The maximum Gasteiger partial charge on any atom is 0.231 e. The molecule has 0 atom stereocenters. The lowest BCUT2D eigenvalue weighted by molar-refractivity contribution is 0.174. The van der Waals surface area contributed by atoms with Crippen LogP contribution in [0.3, 0.4) is 0 Å². The number of hydrogen-bond donors (Lipinski definition) is 1. The first-order valence-electron chi connectivity index (χ1n) is 8.66. The monoisotopic (exact) mass is 331 g/mol. The van der Waals surface area contributed by atoms with E-state index in [-0.39, 0.29) is 5.41 Å². The molecule has 3 rings (SSSR count). The maximum absolute atomic E-state index is 5.51. The summed E-state index contributed by atoms with van der Waals surface area (Å²) in [6.45, 7) is 12.4. The van der Waals surface area contributed by atoms with E-state index in [9.17, 15) is 0 Å². The number of fused-ring (bicyclic) bond motifs is 1. The van der Waals surface area contributed by atoms with E-state index < -0.39 is 0 Å². The lowest BCUT2D eigenvalue weighted by Gasteiger charge is -2.30. The smallest absolute Gasteiger partial charge is 0.231 e. The van der Waals surface area contributed by atoms with Crippen molar-refractivity contribution in [1.29, 1.82) is 0 Å². The Hall–Kier alpha value is -1.91. The van der Waals surface area contributed by atoms with E-state index in [1.165, 1.54) is 12.0 Å². The second-order valence-corrected chi connectivity index (χ2v) is 8.19. The fourth-order valence-electron chi connectivity index (χ4n) is 3.35. The zero-order chi connectivity index (χ0) is 17.4. The first kappa shape index (κ1) is 16.9. The molecule has 2 aliphatic rings. The van der Waals surface area contributed by atoms with Gasteiger partial charge in [0.2, 0.25) is 6.79 Å². The molecule has 1 fully saturated rings. The molecule has 2 aliphatic heterocycles. The second kappa shape index (κ2) is 6.19. The van der Waals surface area contributed by atoms with Crippen molar-refractivity contribution in [1.82, 2.24) is 10.2 Å². The number of guanidine groups is 1. The second-order valence-electron chi connectivity index (χ2n) is 8.19. The number of ether oxygens (including phenoxy) is 2. The van der Waals surface area contributed by atoms with Gasteiger partial charge in [0.05, 0.1) is 0 Å². The summed E-state index contributed by atoms with van der Waals surface area (Å²) in [6.07, 6.45) is 1.21. The average molecular weight is 331 g/mol. The van der Waals surface area contributed by atoms with Crippen LogP contribution >= 0.6 is 0 Å². The Morgan fingerprint density at radius 1 is 1.29 bits per heavy atom. The van der Waals surface area contributed by atoms with Gasteiger partial charge in [-0.1, -0.05) is 33.8 Å². The Morgan fingerprint density at radius 2 is 2.04 bits per heavy atom. The van der Waals surface area contributed by atoms with Gasteiger partial charge in [-0.3, -0.25) is 4.99 Å². The van der Waals surface area contributed by atoms with Crippen molar-refractivity contribution in [3.05, 3.63) is 23.8 Å². The van der Waals surface area contributed by atoms with E-state index in [1.54, 1.807) is 0 Å². The van der Waals surface area contributed by atoms with E-state index >= 15 is 0 Å². The summed E-state index contributed by atoms with van der Waals surface area (Å²) in [4.78, 5) is 6.83. The van der Waals surface area contributed by atoms with E-state index in [0.29, 0.717) is 12.2 Å². The Kier molecular flexibility index (Phi) is 4.37. The molecular formula is C19H29N3O2. The van der Waals surface area contributed by atoms with E-state index in [0.717, 1.165) is 37.1 Å². The van der Waals surface area contributed by atoms with Gasteiger partial charge >= 0.3 is 0 Å².